The molecule has 1 N–H and O–H groups in total. The van der Waals surface area contributed by atoms with Crippen LogP contribution < -0.4 is 14.8 Å². The number of nitrogens with zero attached hydrogens (tertiary/aromatic N) is 4. The zero-order valence-electron chi connectivity index (χ0n) is 17.5. The molecule has 4 aromatic rings. The van der Waals surface area contributed by atoms with E-state index in [2.05, 4.69) is 44.6 Å². The van der Waals surface area contributed by atoms with E-state index >= 15 is 0 Å². The summed E-state index contributed by atoms with van der Waals surface area (Å²) in [5.74, 6) is 2.36. The van der Waals surface area contributed by atoms with Crippen molar-refractivity contribution in [3.8, 4) is 11.5 Å². The quantitative estimate of drug-likeness (QED) is 0.516. The van der Waals surface area contributed by atoms with Crippen LogP contribution in [-0.4, -0.2) is 26.4 Å². The highest BCUT2D eigenvalue weighted by Crippen LogP contribution is 2.50. The van der Waals surface area contributed by atoms with Crippen LogP contribution in [0.4, 0.5) is 5.95 Å². The van der Waals surface area contributed by atoms with Crippen molar-refractivity contribution in [2.75, 3.05) is 11.9 Å². The number of rotatable bonds is 4. The Hall–Kier alpha value is -4.13. The van der Waals surface area contributed by atoms with E-state index in [-0.39, 0.29) is 12.1 Å². The number of hydrogen-bond donors (Lipinski definition) is 1. The summed E-state index contributed by atoms with van der Waals surface area (Å²) in [6.45, 7) is 2.61. The standard InChI is InChI=1S/C25H21N5O2/c1-2-31-18-11-9-16(10-12-18)24-21-22(19-7-3-4-8-20(19)32-24)29-25-27-15-28-30(25)23(21)17-6-5-13-26-14-17/h3-15,23-24H,2H2,1H3,(H,27,28,29)/t23-,24-/m0/s1. The molecule has 2 atom stereocenters. The molecule has 0 aliphatic carbocycles. The summed E-state index contributed by atoms with van der Waals surface area (Å²) in [6, 6.07) is 20.0. The van der Waals surface area contributed by atoms with E-state index in [1.165, 1.54) is 0 Å². The lowest BCUT2D eigenvalue weighted by atomic mass is 9.85. The molecule has 2 aromatic heterocycles. The van der Waals surface area contributed by atoms with Crippen LogP contribution in [0.1, 0.15) is 35.8 Å². The second kappa shape index (κ2) is 7.53. The van der Waals surface area contributed by atoms with Gasteiger partial charge in [-0.25, -0.2) is 4.68 Å². The first-order valence-electron chi connectivity index (χ1n) is 10.6. The normalized spacial score (nSPS) is 18.7. The van der Waals surface area contributed by atoms with Crippen molar-refractivity contribution in [3.05, 3.63) is 102 Å². The SMILES string of the molecule is CCOc1ccc([C@@H]2Oc3ccccc3C3=C2[C@H](c2cccnc2)n2ncnc2N3)cc1. The predicted octanol–water partition coefficient (Wildman–Crippen LogP) is 4.63. The molecule has 2 aliphatic heterocycles. The Morgan fingerprint density at radius 3 is 2.72 bits per heavy atom. The molecule has 0 fully saturated rings. The summed E-state index contributed by atoms with van der Waals surface area (Å²) in [5, 5.41) is 8.04. The molecular formula is C25H21N5O2. The smallest absolute Gasteiger partial charge is 0.226 e. The van der Waals surface area contributed by atoms with E-state index in [0.717, 1.165) is 39.5 Å². The van der Waals surface area contributed by atoms with Gasteiger partial charge in [-0.2, -0.15) is 10.1 Å². The first-order chi connectivity index (χ1) is 15.8. The minimum Gasteiger partial charge on any atom is -0.494 e. The number of ether oxygens (including phenoxy) is 2. The van der Waals surface area contributed by atoms with Crippen LogP contribution in [-0.2, 0) is 0 Å². The Kier molecular flexibility index (Phi) is 4.38. The van der Waals surface area contributed by atoms with Gasteiger partial charge in [0.15, 0.2) is 0 Å². The van der Waals surface area contributed by atoms with Crippen molar-refractivity contribution in [3.63, 3.8) is 0 Å². The van der Waals surface area contributed by atoms with Crippen LogP contribution in [0.25, 0.3) is 5.70 Å². The molecule has 7 nitrogen and oxygen atoms in total. The summed E-state index contributed by atoms with van der Waals surface area (Å²) in [4.78, 5) is 8.82. The molecule has 0 saturated carbocycles. The van der Waals surface area contributed by atoms with Gasteiger partial charge < -0.3 is 14.8 Å². The maximum atomic E-state index is 6.61. The fraction of sp³-hybridized carbons (Fsp3) is 0.160. The van der Waals surface area contributed by atoms with Gasteiger partial charge in [0.25, 0.3) is 0 Å². The topological polar surface area (TPSA) is 74.1 Å². The van der Waals surface area contributed by atoms with Gasteiger partial charge >= 0.3 is 0 Å². The Bertz CT molecular complexity index is 1300. The molecule has 32 heavy (non-hydrogen) atoms. The zero-order valence-corrected chi connectivity index (χ0v) is 17.5. The van der Waals surface area contributed by atoms with E-state index < -0.39 is 0 Å². The van der Waals surface area contributed by atoms with Crippen molar-refractivity contribution >= 4 is 11.6 Å². The van der Waals surface area contributed by atoms with Gasteiger partial charge in [0.05, 0.1) is 12.3 Å². The summed E-state index contributed by atoms with van der Waals surface area (Å²) in [5.41, 5.74) is 5.13. The van der Waals surface area contributed by atoms with E-state index in [9.17, 15) is 0 Å². The van der Waals surface area contributed by atoms with Gasteiger partial charge in [-0.3, -0.25) is 4.98 Å². The third kappa shape index (κ3) is 2.93. The average Bonchev–Trinajstić information content (AvgIpc) is 3.32. The minimum absolute atomic E-state index is 0.206. The number of nitrogens with one attached hydrogen (secondary N) is 1. The fourth-order valence-corrected chi connectivity index (χ4v) is 4.46. The van der Waals surface area contributed by atoms with Crippen molar-refractivity contribution in [2.45, 2.75) is 19.1 Å². The number of fused-ring (bicyclic) bond motifs is 3. The van der Waals surface area contributed by atoms with Crippen molar-refractivity contribution < 1.29 is 9.47 Å². The second-order valence-electron chi connectivity index (χ2n) is 7.67. The molecule has 0 amide bonds. The molecule has 158 valence electrons. The van der Waals surface area contributed by atoms with Crippen LogP contribution in [0.5, 0.6) is 11.5 Å². The fourth-order valence-electron chi connectivity index (χ4n) is 4.46. The third-order valence-corrected chi connectivity index (χ3v) is 5.82. The number of para-hydroxylation sites is 1. The van der Waals surface area contributed by atoms with Crippen LogP contribution in [0.15, 0.2) is 85.0 Å². The lowest BCUT2D eigenvalue weighted by Gasteiger charge is -2.38. The molecule has 0 saturated heterocycles. The Balaban J connectivity index is 1.57. The molecule has 7 heteroatoms. The summed E-state index contributed by atoms with van der Waals surface area (Å²) in [6.07, 6.45) is 4.91. The van der Waals surface area contributed by atoms with Crippen LogP contribution in [0.3, 0.4) is 0 Å². The zero-order chi connectivity index (χ0) is 21.5. The molecule has 2 aromatic carbocycles. The highest BCUT2D eigenvalue weighted by atomic mass is 16.5. The Morgan fingerprint density at radius 1 is 1.03 bits per heavy atom. The average molecular weight is 423 g/mol. The number of hydrogen-bond acceptors (Lipinski definition) is 6. The maximum absolute atomic E-state index is 6.61. The number of aromatic nitrogens is 4. The minimum atomic E-state index is -0.314. The van der Waals surface area contributed by atoms with E-state index in [4.69, 9.17) is 9.47 Å². The molecule has 2 aliphatic rings. The monoisotopic (exact) mass is 423 g/mol. The highest BCUT2D eigenvalue weighted by molar-refractivity contribution is 5.85. The van der Waals surface area contributed by atoms with Crippen LogP contribution >= 0.6 is 0 Å². The van der Waals surface area contributed by atoms with Gasteiger partial charge in [-0.1, -0.05) is 30.3 Å². The Labute approximate surface area is 185 Å². The molecule has 0 unspecified atom stereocenters. The van der Waals surface area contributed by atoms with Gasteiger partial charge in [0, 0.05) is 23.5 Å². The van der Waals surface area contributed by atoms with E-state index in [1.54, 1.807) is 12.5 Å². The first kappa shape index (κ1) is 18.6. The number of pyridine rings is 1. The van der Waals surface area contributed by atoms with E-state index in [0.29, 0.717) is 12.6 Å². The molecule has 4 heterocycles. The van der Waals surface area contributed by atoms with Crippen molar-refractivity contribution in [1.82, 2.24) is 19.7 Å². The number of benzene rings is 2. The highest BCUT2D eigenvalue weighted by Gasteiger charge is 2.40. The molecule has 6 rings (SSSR count). The van der Waals surface area contributed by atoms with Crippen LogP contribution in [0, 0.1) is 0 Å². The van der Waals surface area contributed by atoms with Gasteiger partial charge in [-0.15, -0.1) is 0 Å². The first-order valence-corrected chi connectivity index (χ1v) is 10.6. The molecular weight excluding hydrogens is 402 g/mol. The van der Waals surface area contributed by atoms with Crippen molar-refractivity contribution in [1.29, 1.82) is 0 Å². The predicted molar refractivity (Wildman–Crippen MR) is 120 cm³/mol. The summed E-state index contributed by atoms with van der Waals surface area (Å²) in [7, 11) is 0. The van der Waals surface area contributed by atoms with Gasteiger partial charge in [0.1, 0.15) is 30.0 Å². The molecule has 0 bridgehead atoms. The lowest BCUT2D eigenvalue weighted by Crippen LogP contribution is -2.32. The Morgan fingerprint density at radius 2 is 1.91 bits per heavy atom. The number of anilines is 1. The van der Waals surface area contributed by atoms with Crippen molar-refractivity contribution in [2.24, 2.45) is 0 Å². The van der Waals surface area contributed by atoms with Gasteiger partial charge in [0.2, 0.25) is 5.95 Å². The second-order valence-corrected chi connectivity index (χ2v) is 7.67. The lowest BCUT2D eigenvalue weighted by molar-refractivity contribution is 0.223. The largest absolute Gasteiger partial charge is 0.494 e. The van der Waals surface area contributed by atoms with E-state index in [1.807, 2.05) is 54.2 Å². The molecule has 0 spiro atoms. The van der Waals surface area contributed by atoms with Crippen LogP contribution in [0.2, 0.25) is 0 Å². The summed E-state index contributed by atoms with van der Waals surface area (Å²) < 4.78 is 14.1. The third-order valence-electron chi connectivity index (χ3n) is 5.82. The maximum Gasteiger partial charge on any atom is 0.226 e. The molecule has 0 radical (unpaired) electrons. The van der Waals surface area contributed by atoms with Gasteiger partial charge in [-0.05, 0) is 48.4 Å². The summed E-state index contributed by atoms with van der Waals surface area (Å²) >= 11 is 0.